The van der Waals surface area contributed by atoms with Crippen molar-refractivity contribution in [1.29, 1.82) is 0 Å². The lowest BCUT2D eigenvalue weighted by molar-refractivity contribution is -0.116. The third kappa shape index (κ3) is 2.73. The number of Topliss-reactive ketones (excluding diaryl/α,β-unsaturated/α-hetero) is 2. The normalized spacial score (nSPS) is 22.1. The quantitative estimate of drug-likeness (QED) is 0.625. The first-order chi connectivity index (χ1) is 15.2. The Bertz CT molecular complexity index is 1280. The fraction of sp³-hybridized carbons (Fsp3) is 0.143. The minimum Gasteiger partial charge on any atom is -0.358 e. The molecule has 150 valence electrons. The highest BCUT2D eigenvalue weighted by atomic mass is 16.1. The third-order valence-electron chi connectivity index (χ3n) is 6.72. The van der Waals surface area contributed by atoms with Crippen molar-refractivity contribution in [3.05, 3.63) is 124 Å². The van der Waals surface area contributed by atoms with Gasteiger partial charge >= 0.3 is 0 Å². The van der Waals surface area contributed by atoms with Crippen LogP contribution in [0.25, 0.3) is 5.70 Å². The van der Waals surface area contributed by atoms with E-state index < -0.39 is 0 Å². The Morgan fingerprint density at radius 1 is 0.645 bits per heavy atom. The molecule has 1 heterocycles. The number of rotatable bonds is 2. The van der Waals surface area contributed by atoms with E-state index in [-0.39, 0.29) is 23.4 Å². The number of fused-ring (bicyclic) bond motifs is 2. The zero-order chi connectivity index (χ0) is 20.9. The zero-order valence-electron chi connectivity index (χ0n) is 17.0. The largest absolute Gasteiger partial charge is 0.358 e. The number of hydrogen-bond acceptors (Lipinski definition) is 3. The van der Waals surface area contributed by atoms with Gasteiger partial charge in [0.2, 0.25) is 0 Å². The van der Waals surface area contributed by atoms with Gasteiger partial charge in [-0.3, -0.25) is 9.59 Å². The number of hydrogen-bond donors (Lipinski definition) is 1. The van der Waals surface area contributed by atoms with Crippen molar-refractivity contribution in [2.75, 3.05) is 0 Å². The number of carbonyl (C=O) groups is 2. The van der Waals surface area contributed by atoms with Gasteiger partial charge in [0.25, 0.3) is 0 Å². The van der Waals surface area contributed by atoms with Crippen molar-refractivity contribution < 1.29 is 9.59 Å². The van der Waals surface area contributed by atoms with E-state index in [0.717, 1.165) is 34.5 Å². The molecular formula is C28H21NO2. The predicted molar refractivity (Wildman–Crippen MR) is 120 cm³/mol. The van der Waals surface area contributed by atoms with Gasteiger partial charge < -0.3 is 5.32 Å². The molecular weight excluding hydrogens is 382 g/mol. The van der Waals surface area contributed by atoms with Crippen molar-refractivity contribution in [3.63, 3.8) is 0 Å². The molecule has 3 aromatic rings. The number of carbonyl (C=O) groups excluding carboxylic acids is 2. The second-order valence-corrected chi connectivity index (χ2v) is 8.46. The van der Waals surface area contributed by atoms with Gasteiger partial charge in [-0.05, 0) is 23.5 Å². The van der Waals surface area contributed by atoms with Crippen LogP contribution >= 0.6 is 0 Å². The average molecular weight is 403 g/mol. The number of benzene rings is 3. The molecule has 0 aromatic heterocycles. The maximum atomic E-state index is 13.5. The highest BCUT2D eigenvalue weighted by molar-refractivity contribution is 6.23. The molecule has 2 aliphatic carbocycles. The number of nitrogens with one attached hydrogen (secondary N) is 1. The van der Waals surface area contributed by atoms with E-state index in [2.05, 4.69) is 17.4 Å². The first kappa shape index (κ1) is 18.1. The number of dihydropyridines is 1. The van der Waals surface area contributed by atoms with Crippen LogP contribution in [0.15, 0.2) is 102 Å². The van der Waals surface area contributed by atoms with E-state index >= 15 is 0 Å². The van der Waals surface area contributed by atoms with Crippen molar-refractivity contribution >= 4 is 17.3 Å². The Morgan fingerprint density at radius 3 is 1.97 bits per heavy atom. The Hall–Kier alpha value is -3.72. The molecule has 0 spiro atoms. The summed E-state index contributed by atoms with van der Waals surface area (Å²) in [6.07, 6.45) is 1.24. The van der Waals surface area contributed by atoms with Gasteiger partial charge in [-0.2, -0.15) is 0 Å². The van der Waals surface area contributed by atoms with Gasteiger partial charge in [0.1, 0.15) is 0 Å². The summed E-state index contributed by atoms with van der Waals surface area (Å²) in [5.74, 6) is -0.0225. The van der Waals surface area contributed by atoms with Crippen LogP contribution in [0.5, 0.6) is 0 Å². The molecule has 1 N–H and O–H groups in total. The Kier molecular flexibility index (Phi) is 4.03. The summed E-state index contributed by atoms with van der Waals surface area (Å²) in [7, 11) is 0. The summed E-state index contributed by atoms with van der Waals surface area (Å²) in [6, 6.07) is 28.0. The summed E-state index contributed by atoms with van der Waals surface area (Å²) in [6.45, 7) is 0. The topological polar surface area (TPSA) is 46.2 Å². The first-order valence-corrected chi connectivity index (χ1v) is 10.7. The lowest BCUT2D eigenvalue weighted by Crippen LogP contribution is -2.33. The summed E-state index contributed by atoms with van der Waals surface area (Å²) >= 11 is 0. The molecule has 6 rings (SSSR count). The monoisotopic (exact) mass is 403 g/mol. The standard InChI is InChI=1S/C28H21NO2/c30-23-16-19(17-9-3-1-4-10-17)15-22-25(23)24(18-11-5-2-6-12-18)26-27(29-22)20-13-7-8-14-21(20)28(26)31/h1-14,19,24,29H,15-16H2. The molecule has 3 heteroatoms. The van der Waals surface area contributed by atoms with Crippen LogP contribution in [-0.2, 0) is 4.79 Å². The molecule has 0 saturated carbocycles. The van der Waals surface area contributed by atoms with E-state index in [4.69, 9.17) is 0 Å². The fourth-order valence-electron chi connectivity index (χ4n) is 5.33. The highest BCUT2D eigenvalue weighted by Gasteiger charge is 2.45. The van der Waals surface area contributed by atoms with E-state index in [9.17, 15) is 9.59 Å². The van der Waals surface area contributed by atoms with Gasteiger partial charge in [-0.15, -0.1) is 0 Å². The zero-order valence-corrected chi connectivity index (χ0v) is 17.0. The van der Waals surface area contributed by atoms with E-state index in [1.54, 1.807) is 0 Å². The SMILES string of the molecule is O=C1CC(c2ccccc2)CC2=C1C(c1ccccc1)C1=C(N2)c2ccccc2C1=O. The molecule has 31 heavy (non-hydrogen) atoms. The molecule has 0 bridgehead atoms. The maximum absolute atomic E-state index is 13.5. The molecule has 2 unspecified atom stereocenters. The Labute approximate surface area is 181 Å². The smallest absolute Gasteiger partial charge is 0.192 e. The maximum Gasteiger partial charge on any atom is 0.192 e. The molecule has 0 fully saturated rings. The molecule has 2 atom stereocenters. The molecule has 0 saturated heterocycles. The lowest BCUT2D eigenvalue weighted by atomic mass is 9.71. The molecule has 0 radical (unpaired) electrons. The van der Waals surface area contributed by atoms with E-state index in [0.29, 0.717) is 17.6 Å². The van der Waals surface area contributed by atoms with Crippen LogP contribution in [0, 0.1) is 0 Å². The molecule has 0 amide bonds. The van der Waals surface area contributed by atoms with Crippen LogP contribution in [0.4, 0.5) is 0 Å². The summed E-state index contributed by atoms with van der Waals surface area (Å²) in [5, 5.41) is 3.55. The number of allylic oxidation sites excluding steroid dienone is 3. The molecule has 3 aliphatic rings. The Balaban J connectivity index is 1.52. The number of ketones is 2. The molecule has 3 nitrogen and oxygen atoms in total. The average Bonchev–Trinajstić information content (AvgIpc) is 3.11. The molecule has 1 aliphatic heterocycles. The van der Waals surface area contributed by atoms with Crippen LogP contribution in [0.2, 0.25) is 0 Å². The predicted octanol–water partition coefficient (Wildman–Crippen LogP) is 5.38. The summed E-state index contributed by atoms with van der Waals surface area (Å²) < 4.78 is 0. The summed E-state index contributed by atoms with van der Waals surface area (Å²) in [5.41, 5.74) is 7.13. The Morgan fingerprint density at radius 2 is 1.26 bits per heavy atom. The molecule has 3 aromatic carbocycles. The van der Waals surface area contributed by atoms with Gasteiger partial charge in [0.05, 0.1) is 5.70 Å². The third-order valence-corrected chi connectivity index (χ3v) is 6.72. The van der Waals surface area contributed by atoms with Crippen molar-refractivity contribution in [2.24, 2.45) is 0 Å². The minimum absolute atomic E-state index is 0.0245. The van der Waals surface area contributed by atoms with Crippen LogP contribution in [0.1, 0.15) is 51.7 Å². The van der Waals surface area contributed by atoms with E-state index in [1.807, 2.05) is 72.8 Å². The van der Waals surface area contributed by atoms with Gasteiger partial charge in [-0.1, -0.05) is 84.9 Å². The highest BCUT2D eigenvalue weighted by Crippen LogP contribution is 2.50. The van der Waals surface area contributed by atoms with Gasteiger partial charge in [0, 0.05) is 40.3 Å². The first-order valence-electron chi connectivity index (χ1n) is 10.7. The van der Waals surface area contributed by atoms with Crippen molar-refractivity contribution in [3.8, 4) is 0 Å². The second-order valence-electron chi connectivity index (χ2n) is 8.46. The van der Waals surface area contributed by atoms with Crippen LogP contribution < -0.4 is 5.32 Å². The summed E-state index contributed by atoms with van der Waals surface area (Å²) in [4.78, 5) is 27.0. The van der Waals surface area contributed by atoms with E-state index in [1.165, 1.54) is 5.56 Å². The van der Waals surface area contributed by atoms with Crippen LogP contribution in [0.3, 0.4) is 0 Å². The van der Waals surface area contributed by atoms with Gasteiger partial charge in [0.15, 0.2) is 11.6 Å². The minimum atomic E-state index is -0.323. The second kappa shape index (κ2) is 6.92. The lowest BCUT2D eigenvalue weighted by Gasteiger charge is -2.36. The van der Waals surface area contributed by atoms with Crippen molar-refractivity contribution in [2.45, 2.75) is 24.7 Å². The van der Waals surface area contributed by atoms with Crippen LogP contribution in [-0.4, -0.2) is 11.6 Å². The fourth-order valence-corrected chi connectivity index (χ4v) is 5.33. The van der Waals surface area contributed by atoms with Crippen molar-refractivity contribution in [1.82, 2.24) is 5.32 Å². The van der Waals surface area contributed by atoms with Gasteiger partial charge in [-0.25, -0.2) is 0 Å².